The molecule has 0 saturated carbocycles. The Hall–Kier alpha value is -1.51. The number of fused-ring (bicyclic) bond motifs is 1. The van der Waals surface area contributed by atoms with Gasteiger partial charge in [-0.25, -0.2) is 0 Å². The van der Waals surface area contributed by atoms with E-state index in [1.54, 1.807) is 0 Å². The van der Waals surface area contributed by atoms with Gasteiger partial charge in [0.25, 0.3) is 0 Å². The molecule has 3 heteroatoms. The molecule has 80 valence electrons. The van der Waals surface area contributed by atoms with Crippen molar-refractivity contribution in [2.24, 2.45) is 5.92 Å². The van der Waals surface area contributed by atoms with E-state index in [4.69, 9.17) is 5.73 Å². The molecule has 2 rings (SSSR count). The summed E-state index contributed by atoms with van der Waals surface area (Å²) < 4.78 is 2.03. The molecule has 0 aliphatic carbocycles. The second kappa shape index (κ2) is 3.93. The Kier molecular flexibility index (Phi) is 2.62. The highest BCUT2D eigenvalue weighted by molar-refractivity contribution is 5.90. The minimum absolute atomic E-state index is 0.699. The van der Waals surface area contributed by atoms with Crippen LogP contribution in [-0.2, 0) is 6.54 Å². The van der Waals surface area contributed by atoms with Crippen LogP contribution in [0.1, 0.15) is 20.3 Å². The van der Waals surface area contributed by atoms with Crippen LogP contribution >= 0.6 is 0 Å². The van der Waals surface area contributed by atoms with Crippen LogP contribution in [0.3, 0.4) is 0 Å². The standard InChI is InChI=1S/C12H17N3/c1-9(2)6-7-15-12-5-3-4-11(13)10(12)8-14-15/h3-5,8-9H,6-7,13H2,1-2H3. The van der Waals surface area contributed by atoms with Crippen LogP contribution in [0.4, 0.5) is 5.69 Å². The van der Waals surface area contributed by atoms with Crippen LogP contribution in [0.5, 0.6) is 0 Å². The first-order valence-electron chi connectivity index (χ1n) is 5.38. The van der Waals surface area contributed by atoms with Gasteiger partial charge < -0.3 is 5.73 Å². The molecule has 0 atom stereocenters. The summed E-state index contributed by atoms with van der Waals surface area (Å²) in [5.74, 6) is 0.699. The minimum Gasteiger partial charge on any atom is -0.398 e. The molecule has 1 aromatic carbocycles. The summed E-state index contributed by atoms with van der Waals surface area (Å²) >= 11 is 0. The van der Waals surface area contributed by atoms with Gasteiger partial charge in [-0.3, -0.25) is 4.68 Å². The third-order valence-electron chi connectivity index (χ3n) is 2.64. The van der Waals surface area contributed by atoms with E-state index in [1.165, 1.54) is 0 Å². The summed E-state index contributed by atoms with van der Waals surface area (Å²) in [6.45, 7) is 5.41. The summed E-state index contributed by atoms with van der Waals surface area (Å²) in [4.78, 5) is 0. The largest absolute Gasteiger partial charge is 0.398 e. The van der Waals surface area contributed by atoms with Crippen LogP contribution in [0.25, 0.3) is 10.9 Å². The van der Waals surface area contributed by atoms with Crippen molar-refractivity contribution in [3.05, 3.63) is 24.4 Å². The van der Waals surface area contributed by atoms with Gasteiger partial charge in [-0.05, 0) is 24.5 Å². The van der Waals surface area contributed by atoms with Crippen molar-refractivity contribution in [2.75, 3.05) is 5.73 Å². The first kappa shape index (κ1) is 10.0. The van der Waals surface area contributed by atoms with Gasteiger partial charge in [0.15, 0.2) is 0 Å². The van der Waals surface area contributed by atoms with Gasteiger partial charge in [0, 0.05) is 17.6 Å². The van der Waals surface area contributed by atoms with Gasteiger partial charge >= 0.3 is 0 Å². The fraction of sp³-hybridized carbons (Fsp3) is 0.417. The molecule has 15 heavy (non-hydrogen) atoms. The summed E-state index contributed by atoms with van der Waals surface area (Å²) in [5, 5.41) is 5.42. The highest BCUT2D eigenvalue weighted by Crippen LogP contribution is 2.20. The van der Waals surface area contributed by atoms with Gasteiger partial charge in [0.1, 0.15) is 0 Å². The molecule has 0 radical (unpaired) electrons. The summed E-state index contributed by atoms with van der Waals surface area (Å²) in [6, 6.07) is 5.96. The lowest BCUT2D eigenvalue weighted by Gasteiger charge is -2.06. The average Bonchev–Trinajstić information content (AvgIpc) is 2.59. The molecule has 0 fully saturated rings. The number of rotatable bonds is 3. The number of nitrogens with two attached hydrogens (primary N) is 1. The monoisotopic (exact) mass is 203 g/mol. The fourth-order valence-corrected chi connectivity index (χ4v) is 1.68. The fourth-order valence-electron chi connectivity index (χ4n) is 1.68. The predicted octanol–water partition coefficient (Wildman–Crippen LogP) is 2.66. The number of anilines is 1. The Balaban J connectivity index is 2.33. The Bertz CT molecular complexity index is 457. The van der Waals surface area contributed by atoms with Crippen molar-refractivity contribution in [3.8, 4) is 0 Å². The number of benzene rings is 1. The van der Waals surface area contributed by atoms with E-state index < -0.39 is 0 Å². The van der Waals surface area contributed by atoms with E-state index in [0.717, 1.165) is 29.6 Å². The van der Waals surface area contributed by atoms with Gasteiger partial charge in [0.2, 0.25) is 0 Å². The van der Waals surface area contributed by atoms with Gasteiger partial charge in [-0.2, -0.15) is 5.10 Å². The van der Waals surface area contributed by atoms with Crippen molar-refractivity contribution in [2.45, 2.75) is 26.8 Å². The highest BCUT2D eigenvalue weighted by atomic mass is 15.3. The van der Waals surface area contributed by atoms with E-state index >= 15 is 0 Å². The van der Waals surface area contributed by atoms with Crippen LogP contribution < -0.4 is 5.73 Å². The Morgan fingerprint density at radius 1 is 1.40 bits per heavy atom. The second-order valence-electron chi connectivity index (χ2n) is 4.33. The lowest BCUT2D eigenvalue weighted by molar-refractivity contribution is 0.496. The first-order chi connectivity index (χ1) is 7.18. The molecule has 0 unspecified atom stereocenters. The zero-order chi connectivity index (χ0) is 10.8. The Morgan fingerprint density at radius 3 is 2.93 bits per heavy atom. The van der Waals surface area contributed by atoms with E-state index in [0.29, 0.717) is 5.92 Å². The van der Waals surface area contributed by atoms with Crippen molar-refractivity contribution in [3.63, 3.8) is 0 Å². The predicted molar refractivity (Wildman–Crippen MR) is 63.6 cm³/mol. The molecule has 0 saturated heterocycles. The lowest BCUT2D eigenvalue weighted by atomic mass is 10.1. The maximum atomic E-state index is 5.87. The van der Waals surface area contributed by atoms with E-state index in [-0.39, 0.29) is 0 Å². The first-order valence-corrected chi connectivity index (χ1v) is 5.38. The van der Waals surface area contributed by atoms with Crippen molar-refractivity contribution in [1.82, 2.24) is 9.78 Å². The maximum absolute atomic E-state index is 5.87. The van der Waals surface area contributed by atoms with Gasteiger partial charge in [-0.15, -0.1) is 0 Å². The number of hydrogen-bond donors (Lipinski definition) is 1. The van der Waals surface area contributed by atoms with Crippen LogP contribution in [0.15, 0.2) is 24.4 Å². The van der Waals surface area contributed by atoms with E-state index in [9.17, 15) is 0 Å². The normalized spacial score (nSPS) is 11.4. The number of nitrogens with zero attached hydrogens (tertiary/aromatic N) is 2. The number of aryl methyl sites for hydroxylation is 1. The molecular formula is C12H17N3. The minimum atomic E-state index is 0.699. The van der Waals surface area contributed by atoms with Crippen molar-refractivity contribution >= 4 is 16.6 Å². The molecule has 3 nitrogen and oxygen atoms in total. The SMILES string of the molecule is CC(C)CCn1ncc2c(N)cccc21. The van der Waals surface area contributed by atoms with Crippen molar-refractivity contribution in [1.29, 1.82) is 0 Å². The summed E-state index contributed by atoms with van der Waals surface area (Å²) in [6.07, 6.45) is 3.00. The lowest BCUT2D eigenvalue weighted by Crippen LogP contribution is -2.02. The van der Waals surface area contributed by atoms with Crippen LogP contribution in [0, 0.1) is 5.92 Å². The smallest absolute Gasteiger partial charge is 0.0703 e. The molecule has 0 amide bonds. The number of aromatic nitrogens is 2. The molecule has 1 aromatic heterocycles. The zero-order valence-electron chi connectivity index (χ0n) is 9.27. The molecule has 0 aliphatic heterocycles. The van der Waals surface area contributed by atoms with E-state index in [2.05, 4.69) is 25.0 Å². The van der Waals surface area contributed by atoms with Gasteiger partial charge in [-0.1, -0.05) is 19.9 Å². The Labute approximate surface area is 89.9 Å². The van der Waals surface area contributed by atoms with E-state index in [1.807, 2.05) is 23.0 Å². The average molecular weight is 203 g/mol. The quantitative estimate of drug-likeness (QED) is 0.779. The highest BCUT2D eigenvalue weighted by Gasteiger charge is 2.04. The third-order valence-corrected chi connectivity index (χ3v) is 2.64. The maximum Gasteiger partial charge on any atom is 0.0703 e. The van der Waals surface area contributed by atoms with Crippen LogP contribution in [-0.4, -0.2) is 9.78 Å². The molecule has 0 bridgehead atoms. The molecular weight excluding hydrogens is 186 g/mol. The zero-order valence-corrected chi connectivity index (χ0v) is 9.27. The summed E-state index contributed by atoms with van der Waals surface area (Å²) in [5.41, 5.74) is 7.82. The van der Waals surface area contributed by atoms with Crippen LogP contribution in [0.2, 0.25) is 0 Å². The second-order valence-corrected chi connectivity index (χ2v) is 4.33. The number of nitrogen functional groups attached to an aromatic ring is 1. The molecule has 1 heterocycles. The van der Waals surface area contributed by atoms with Crippen molar-refractivity contribution < 1.29 is 0 Å². The molecule has 2 N–H and O–H groups in total. The molecule has 0 spiro atoms. The number of hydrogen-bond acceptors (Lipinski definition) is 2. The van der Waals surface area contributed by atoms with Gasteiger partial charge in [0.05, 0.1) is 11.7 Å². The molecule has 0 aliphatic rings. The Morgan fingerprint density at radius 2 is 2.20 bits per heavy atom. The summed E-state index contributed by atoms with van der Waals surface area (Å²) in [7, 11) is 0. The topological polar surface area (TPSA) is 43.8 Å². The third kappa shape index (κ3) is 1.96. The molecule has 2 aromatic rings.